The zero-order valence-electron chi connectivity index (χ0n) is 14.5. The van der Waals surface area contributed by atoms with Gasteiger partial charge < -0.3 is 0 Å². The molecule has 0 aromatic heterocycles. The Morgan fingerprint density at radius 2 is 1.74 bits per heavy atom. The molecule has 1 fully saturated rings. The first-order chi connectivity index (χ1) is 9.09. The Labute approximate surface area is 122 Å². The van der Waals surface area contributed by atoms with Crippen LogP contribution in [-0.4, -0.2) is 18.3 Å². The van der Waals surface area contributed by atoms with Crippen molar-refractivity contribution in [2.75, 3.05) is 7.05 Å². The van der Waals surface area contributed by atoms with Gasteiger partial charge in [0.2, 0.25) is 0 Å². The maximum Gasteiger partial charge on any atom is 0.0299 e. The number of hydrogen-bond donors (Lipinski definition) is 0. The van der Waals surface area contributed by atoms with Crippen LogP contribution in [0.4, 0.5) is 0 Å². The van der Waals surface area contributed by atoms with E-state index < -0.39 is 0 Å². The second-order valence-corrected chi connectivity index (χ2v) is 4.95. The van der Waals surface area contributed by atoms with Crippen LogP contribution in [0.3, 0.4) is 0 Å². The molecule has 0 amide bonds. The van der Waals surface area contributed by atoms with E-state index >= 15 is 0 Å². The lowest BCUT2D eigenvalue weighted by Gasteiger charge is -2.24. The van der Waals surface area contributed by atoms with Crippen molar-refractivity contribution >= 4 is 6.21 Å². The highest BCUT2D eigenvalue weighted by molar-refractivity contribution is 5.57. The molecule has 0 N–H and O–H groups in total. The first-order valence-corrected chi connectivity index (χ1v) is 8.04. The number of allylic oxidation sites excluding steroid dienone is 2. The first kappa shape index (κ1) is 20.5. The minimum Gasteiger partial charge on any atom is -0.274 e. The standard InChI is InChI=1S/C13H24N2.2C2H6/c1-11(2)8-9-14-15(4)12(3)10-13-6-5-7-13;2*1-2/h9-11,13H,5-8H2,1-4H3;2*1-2H3/b12-10+,14-9+;;. The van der Waals surface area contributed by atoms with Gasteiger partial charge >= 0.3 is 0 Å². The molecule has 0 aromatic carbocycles. The summed E-state index contributed by atoms with van der Waals surface area (Å²) < 4.78 is 0. The Morgan fingerprint density at radius 3 is 2.11 bits per heavy atom. The van der Waals surface area contributed by atoms with Gasteiger partial charge in [-0.05, 0) is 38.0 Å². The molecular formula is C17H36N2. The first-order valence-electron chi connectivity index (χ1n) is 8.04. The second kappa shape index (κ2) is 13.6. The minimum absolute atomic E-state index is 0.693. The highest BCUT2D eigenvalue weighted by atomic mass is 15.4. The third-order valence-corrected chi connectivity index (χ3v) is 2.97. The SMILES string of the molecule is C/C(=C\C1CCC1)N(C)/N=C/CC(C)C.CC.CC. The molecule has 0 spiro atoms. The van der Waals surface area contributed by atoms with Crippen LogP contribution in [0.5, 0.6) is 0 Å². The molecule has 0 radical (unpaired) electrons. The maximum atomic E-state index is 4.42. The summed E-state index contributed by atoms with van der Waals surface area (Å²) in [6.45, 7) is 14.6. The van der Waals surface area contributed by atoms with Gasteiger partial charge in [0.15, 0.2) is 0 Å². The molecule has 1 rings (SSSR count). The highest BCUT2D eigenvalue weighted by Crippen LogP contribution is 2.28. The Balaban J connectivity index is 0. The van der Waals surface area contributed by atoms with Gasteiger partial charge in [0.25, 0.3) is 0 Å². The molecule has 2 nitrogen and oxygen atoms in total. The summed E-state index contributed by atoms with van der Waals surface area (Å²) in [6, 6.07) is 0. The molecule has 0 aliphatic heterocycles. The van der Waals surface area contributed by atoms with Gasteiger partial charge in [0.1, 0.15) is 0 Å². The van der Waals surface area contributed by atoms with Crippen LogP contribution in [0, 0.1) is 11.8 Å². The molecule has 0 unspecified atom stereocenters. The summed E-state index contributed by atoms with van der Waals surface area (Å²) in [5.74, 6) is 1.51. The van der Waals surface area contributed by atoms with Crippen LogP contribution in [0.2, 0.25) is 0 Å². The molecule has 0 saturated heterocycles. The van der Waals surface area contributed by atoms with Crippen molar-refractivity contribution in [3.63, 3.8) is 0 Å². The summed E-state index contributed by atoms with van der Waals surface area (Å²) in [7, 11) is 2.03. The maximum absolute atomic E-state index is 4.42. The lowest BCUT2D eigenvalue weighted by atomic mass is 9.85. The normalized spacial score (nSPS) is 15.3. The second-order valence-electron chi connectivity index (χ2n) is 4.95. The quantitative estimate of drug-likeness (QED) is 0.461. The molecule has 1 aliphatic carbocycles. The number of rotatable bonds is 5. The Morgan fingerprint density at radius 1 is 1.21 bits per heavy atom. The van der Waals surface area contributed by atoms with E-state index in [1.807, 2.05) is 46.0 Å². The van der Waals surface area contributed by atoms with Crippen LogP contribution >= 0.6 is 0 Å². The van der Waals surface area contributed by atoms with Crippen molar-refractivity contribution in [3.05, 3.63) is 11.8 Å². The van der Waals surface area contributed by atoms with E-state index in [-0.39, 0.29) is 0 Å². The van der Waals surface area contributed by atoms with E-state index in [1.165, 1.54) is 25.0 Å². The van der Waals surface area contributed by atoms with E-state index in [1.54, 1.807) is 0 Å². The average Bonchev–Trinajstić information content (AvgIpc) is 2.37. The molecule has 0 heterocycles. The van der Waals surface area contributed by atoms with E-state index in [2.05, 4.69) is 31.9 Å². The van der Waals surface area contributed by atoms with Crippen LogP contribution < -0.4 is 0 Å². The predicted octanol–water partition coefficient (Wildman–Crippen LogP) is 5.71. The molecule has 1 aliphatic rings. The Kier molecular flexibility index (Phi) is 14.7. The predicted molar refractivity (Wildman–Crippen MR) is 89.5 cm³/mol. The third kappa shape index (κ3) is 10.8. The fraction of sp³-hybridized carbons (Fsp3) is 0.824. The molecule has 1 saturated carbocycles. The largest absolute Gasteiger partial charge is 0.274 e. The van der Waals surface area contributed by atoms with Crippen LogP contribution in [0.1, 0.15) is 74.1 Å². The van der Waals surface area contributed by atoms with Crippen molar-refractivity contribution in [1.82, 2.24) is 5.01 Å². The molecule has 114 valence electrons. The van der Waals surface area contributed by atoms with E-state index in [0.717, 1.165) is 12.3 Å². The van der Waals surface area contributed by atoms with Crippen molar-refractivity contribution < 1.29 is 0 Å². The summed E-state index contributed by atoms with van der Waals surface area (Å²) in [5.41, 5.74) is 1.28. The van der Waals surface area contributed by atoms with Crippen molar-refractivity contribution in [3.8, 4) is 0 Å². The average molecular weight is 268 g/mol. The Bertz CT molecular complexity index is 238. The third-order valence-electron chi connectivity index (χ3n) is 2.97. The zero-order valence-corrected chi connectivity index (χ0v) is 14.5. The van der Waals surface area contributed by atoms with Gasteiger partial charge in [-0.25, -0.2) is 0 Å². The van der Waals surface area contributed by atoms with Crippen LogP contribution in [0.25, 0.3) is 0 Å². The summed E-state index contributed by atoms with van der Waals surface area (Å²) in [4.78, 5) is 0. The monoisotopic (exact) mass is 268 g/mol. The fourth-order valence-corrected chi connectivity index (χ4v) is 1.53. The molecule has 19 heavy (non-hydrogen) atoms. The minimum atomic E-state index is 0.693. The van der Waals surface area contributed by atoms with Crippen molar-refractivity contribution in [1.29, 1.82) is 0 Å². The smallest absolute Gasteiger partial charge is 0.0299 e. The number of hydrogen-bond acceptors (Lipinski definition) is 2. The number of hydrazone groups is 1. The molecular weight excluding hydrogens is 232 g/mol. The number of nitrogens with zero attached hydrogens (tertiary/aromatic N) is 2. The highest BCUT2D eigenvalue weighted by Gasteiger charge is 2.15. The van der Waals surface area contributed by atoms with Crippen LogP contribution in [-0.2, 0) is 0 Å². The van der Waals surface area contributed by atoms with Gasteiger partial charge in [0.05, 0.1) is 0 Å². The van der Waals surface area contributed by atoms with E-state index in [4.69, 9.17) is 0 Å². The lowest BCUT2D eigenvalue weighted by molar-refractivity contribution is 0.369. The lowest BCUT2D eigenvalue weighted by Crippen LogP contribution is -2.14. The van der Waals surface area contributed by atoms with Gasteiger partial charge in [-0.1, -0.05) is 54.0 Å². The summed E-state index contributed by atoms with van der Waals surface area (Å²) in [5, 5.41) is 6.40. The van der Waals surface area contributed by atoms with Gasteiger partial charge in [-0.2, -0.15) is 5.10 Å². The van der Waals surface area contributed by atoms with E-state index in [0.29, 0.717) is 5.92 Å². The van der Waals surface area contributed by atoms with Crippen molar-refractivity contribution in [2.24, 2.45) is 16.9 Å². The molecule has 0 bridgehead atoms. The van der Waals surface area contributed by atoms with Gasteiger partial charge in [0, 0.05) is 19.0 Å². The zero-order chi connectivity index (χ0) is 15.3. The van der Waals surface area contributed by atoms with Gasteiger partial charge in [-0.15, -0.1) is 0 Å². The molecule has 2 heteroatoms. The summed E-state index contributed by atoms with van der Waals surface area (Å²) >= 11 is 0. The van der Waals surface area contributed by atoms with Crippen LogP contribution in [0.15, 0.2) is 16.9 Å². The topological polar surface area (TPSA) is 15.6 Å². The fourth-order valence-electron chi connectivity index (χ4n) is 1.53. The molecule has 0 aromatic rings. The summed E-state index contributed by atoms with van der Waals surface area (Å²) in [6.07, 6.45) is 9.55. The van der Waals surface area contributed by atoms with E-state index in [9.17, 15) is 0 Å². The Hall–Kier alpha value is -0.790. The molecule has 0 atom stereocenters. The van der Waals surface area contributed by atoms with Gasteiger partial charge in [-0.3, -0.25) is 5.01 Å². The van der Waals surface area contributed by atoms with Crippen molar-refractivity contribution in [2.45, 2.75) is 74.1 Å².